The van der Waals surface area contributed by atoms with Gasteiger partial charge in [-0.05, 0) is 50.1 Å². The number of aryl methyl sites for hydroxylation is 2. The topological polar surface area (TPSA) is 85.4 Å². The number of rotatable bonds is 4. The number of fused-ring (bicyclic) bond motifs is 1. The molecule has 0 unspecified atom stereocenters. The quantitative estimate of drug-likeness (QED) is 0.695. The van der Waals surface area contributed by atoms with E-state index in [2.05, 4.69) is 33.6 Å². The minimum Gasteiger partial charge on any atom is -0.486 e. The molecule has 0 bridgehead atoms. The van der Waals surface area contributed by atoms with E-state index < -0.39 is 0 Å². The third kappa shape index (κ3) is 4.13. The largest absolute Gasteiger partial charge is 0.486 e. The molecule has 0 atom stereocenters. The van der Waals surface area contributed by atoms with Gasteiger partial charge in [-0.3, -0.25) is 4.79 Å². The number of carbonyl (C=O) groups is 1. The number of amides is 1. The van der Waals surface area contributed by atoms with Crippen molar-refractivity contribution < 1.29 is 14.3 Å². The number of anilines is 3. The second kappa shape index (κ2) is 7.79. The third-order valence-electron chi connectivity index (χ3n) is 4.74. The van der Waals surface area contributed by atoms with Crippen molar-refractivity contribution in [3.8, 4) is 11.5 Å². The predicted molar refractivity (Wildman–Crippen MR) is 111 cm³/mol. The van der Waals surface area contributed by atoms with Crippen molar-refractivity contribution in [2.45, 2.75) is 20.8 Å². The average Bonchev–Trinajstić information content (AvgIpc) is 2.71. The highest BCUT2D eigenvalue weighted by Gasteiger charge is 2.15. The first-order valence-electron chi connectivity index (χ1n) is 9.39. The fourth-order valence-corrected chi connectivity index (χ4v) is 3.09. The summed E-state index contributed by atoms with van der Waals surface area (Å²) in [4.78, 5) is 21.4. The van der Waals surface area contributed by atoms with Crippen molar-refractivity contribution in [2.24, 2.45) is 0 Å². The Labute approximate surface area is 169 Å². The molecule has 1 aliphatic rings. The molecule has 2 aromatic carbocycles. The first kappa shape index (κ1) is 18.7. The number of hydrogen-bond acceptors (Lipinski definition) is 6. The number of carbonyl (C=O) groups excluding carboxylic acids is 1. The van der Waals surface area contributed by atoms with E-state index in [0.717, 1.165) is 11.3 Å². The van der Waals surface area contributed by atoms with E-state index in [1.165, 1.54) is 5.56 Å². The van der Waals surface area contributed by atoms with Gasteiger partial charge in [-0.2, -0.15) is 0 Å². The van der Waals surface area contributed by atoms with E-state index in [4.69, 9.17) is 9.47 Å². The monoisotopic (exact) mass is 390 g/mol. The van der Waals surface area contributed by atoms with Crippen LogP contribution in [0.5, 0.6) is 11.5 Å². The van der Waals surface area contributed by atoms with Crippen molar-refractivity contribution in [2.75, 3.05) is 23.8 Å². The summed E-state index contributed by atoms with van der Waals surface area (Å²) in [6.45, 7) is 6.87. The fraction of sp³-hybridized carbons (Fsp3) is 0.227. The lowest BCUT2D eigenvalue weighted by Crippen LogP contribution is -2.17. The Morgan fingerprint density at radius 2 is 1.76 bits per heavy atom. The molecule has 1 aliphatic heterocycles. The van der Waals surface area contributed by atoms with Crippen LogP contribution in [-0.2, 0) is 0 Å². The first-order valence-corrected chi connectivity index (χ1v) is 9.39. The molecule has 0 spiro atoms. The van der Waals surface area contributed by atoms with Gasteiger partial charge in [0.15, 0.2) is 11.5 Å². The molecule has 0 aliphatic carbocycles. The van der Waals surface area contributed by atoms with Crippen molar-refractivity contribution in [3.63, 3.8) is 0 Å². The van der Waals surface area contributed by atoms with Gasteiger partial charge in [0.05, 0.1) is 0 Å². The van der Waals surface area contributed by atoms with E-state index in [0.29, 0.717) is 42.0 Å². The molecular formula is C22H22N4O3. The summed E-state index contributed by atoms with van der Waals surface area (Å²) in [6, 6.07) is 13.0. The highest BCUT2D eigenvalue weighted by Crippen LogP contribution is 2.32. The van der Waals surface area contributed by atoms with Crippen LogP contribution in [0, 0.1) is 20.8 Å². The van der Waals surface area contributed by atoms with Crippen molar-refractivity contribution in [3.05, 3.63) is 65.1 Å². The van der Waals surface area contributed by atoms with E-state index in [-0.39, 0.29) is 11.6 Å². The summed E-state index contributed by atoms with van der Waals surface area (Å²) in [5.41, 5.74) is 4.14. The van der Waals surface area contributed by atoms with Crippen LogP contribution in [0.4, 0.5) is 17.2 Å². The van der Waals surface area contributed by atoms with Gasteiger partial charge in [0.1, 0.15) is 30.5 Å². The van der Waals surface area contributed by atoms with Gasteiger partial charge in [-0.1, -0.05) is 12.1 Å². The molecule has 0 saturated heterocycles. The summed E-state index contributed by atoms with van der Waals surface area (Å²) in [6.07, 6.45) is 0. The van der Waals surface area contributed by atoms with E-state index in [1.807, 2.05) is 19.1 Å². The number of nitrogens with zero attached hydrogens (tertiary/aromatic N) is 2. The van der Waals surface area contributed by atoms with Gasteiger partial charge in [0.2, 0.25) is 0 Å². The number of benzene rings is 2. The molecule has 1 amide bonds. The Balaban J connectivity index is 1.55. The lowest BCUT2D eigenvalue weighted by Gasteiger charge is -2.19. The van der Waals surface area contributed by atoms with Crippen LogP contribution in [0.25, 0.3) is 0 Å². The summed E-state index contributed by atoms with van der Waals surface area (Å²) >= 11 is 0. The number of ether oxygens (including phenoxy) is 2. The zero-order chi connectivity index (χ0) is 20.4. The van der Waals surface area contributed by atoms with Gasteiger partial charge in [-0.15, -0.1) is 0 Å². The molecule has 0 saturated carbocycles. The predicted octanol–water partition coefficient (Wildman–Crippen LogP) is 4.17. The Hall–Kier alpha value is -3.61. The summed E-state index contributed by atoms with van der Waals surface area (Å²) < 4.78 is 11.1. The van der Waals surface area contributed by atoms with E-state index in [9.17, 15) is 4.79 Å². The van der Waals surface area contributed by atoms with Gasteiger partial charge in [-0.25, -0.2) is 9.97 Å². The molecule has 2 N–H and O–H groups in total. The SMILES string of the molecule is Cc1nc(Nc2cccc(C)c2C)cc(C(=O)Nc2ccc3c(c2)OCCO3)n1. The summed E-state index contributed by atoms with van der Waals surface area (Å²) in [5, 5.41) is 6.14. The Bertz CT molecular complexity index is 1080. The maximum absolute atomic E-state index is 12.8. The zero-order valence-electron chi connectivity index (χ0n) is 16.6. The molecule has 0 radical (unpaired) electrons. The summed E-state index contributed by atoms with van der Waals surface area (Å²) in [5.74, 6) is 2.04. The highest BCUT2D eigenvalue weighted by molar-refractivity contribution is 6.03. The normalized spacial score (nSPS) is 12.4. The maximum Gasteiger partial charge on any atom is 0.274 e. The minimum absolute atomic E-state index is 0.278. The summed E-state index contributed by atoms with van der Waals surface area (Å²) in [7, 11) is 0. The van der Waals surface area contributed by atoms with Crippen LogP contribution >= 0.6 is 0 Å². The Morgan fingerprint density at radius 1 is 0.966 bits per heavy atom. The van der Waals surface area contributed by atoms with Crippen LogP contribution < -0.4 is 20.1 Å². The van der Waals surface area contributed by atoms with E-state index >= 15 is 0 Å². The van der Waals surface area contributed by atoms with Crippen LogP contribution in [-0.4, -0.2) is 29.1 Å². The second-order valence-corrected chi connectivity index (χ2v) is 6.87. The second-order valence-electron chi connectivity index (χ2n) is 6.87. The van der Waals surface area contributed by atoms with Crippen molar-refractivity contribution in [1.29, 1.82) is 0 Å². The Morgan fingerprint density at radius 3 is 2.59 bits per heavy atom. The smallest absolute Gasteiger partial charge is 0.274 e. The molecule has 1 aromatic heterocycles. The molecule has 7 nitrogen and oxygen atoms in total. The van der Waals surface area contributed by atoms with Crippen LogP contribution in [0.1, 0.15) is 27.4 Å². The van der Waals surface area contributed by atoms with Crippen LogP contribution in [0.2, 0.25) is 0 Å². The molecule has 3 aromatic rings. The fourth-order valence-electron chi connectivity index (χ4n) is 3.09. The minimum atomic E-state index is -0.323. The lowest BCUT2D eigenvalue weighted by molar-refractivity contribution is 0.102. The lowest BCUT2D eigenvalue weighted by atomic mass is 10.1. The molecule has 148 valence electrons. The number of aromatic nitrogens is 2. The number of nitrogens with one attached hydrogen (secondary N) is 2. The standard InChI is InChI=1S/C22H22N4O3/c1-13-5-4-6-17(14(13)2)26-21-12-18(23-15(3)24-21)22(27)25-16-7-8-19-20(11-16)29-10-9-28-19/h4-8,11-12H,9-10H2,1-3H3,(H,25,27)(H,23,24,26). The number of hydrogen-bond donors (Lipinski definition) is 2. The van der Waals surface area contributed by atoms with Gasteiger partial charge in [0, 0.05) is 23.5 Å². The van der Waals surface area contributed by atoms with E-state index in [1.54, 1.807) is 31.2 Å². The van der Waals surface area contributed by atoms with Gasteiger partial charge >= 0.3 is 0 Å². The van der Waals surface area contributed by atoms with Gasteiger partial charge in [0.25, 0.3) is 5.91 Å². The third-order valence-corrected chi connectivity index (χ3v) is 4.74. The maximum atomic E-state index is 12.8. The first-order chi connectivity index (χ1) is 14.0. The van der Waals surface area contributed by atoms with Crippen LogP contribution in [0.3, 0.4) is 0 Å². The van der Waals surface area contributed by atoms with Crippen molar-refractivity contribution in [1.82, 2.24) is 9.97 Å². The zero-order valence-corrected chi connectivity index (χ0v) is 16.6. The molecule has 0 fully saturated rings. The highest BCUT2D eigenvalue weighted by atomic mass is 16.6. The molecular weight excluding hydrogens is 368 g/mol. The molecule has 7 heteroatoms. The molecule has 4 rings (SSSR count). The Kier molecular flexibility index (Phi) is 5.03. The average molecular weight is 390 g/mol. The molecule has 29 heavy (non-hydrogen) atoms. The molecule has 2 heterocycles. The van der Waals surface area contributed by atoms with Gasteiger partial charge < -0.3 is 20.1 Å². The van der Waals surface area contributed by atoms with Crippen molar-refractivity contribution >= 4 is 23.1 Å². The van der Waals surface area contributed by atoms with Crippen LogP contribution in [0.15, 0.2) is 42.5 Å².